The number of hydrogen-bond donors (Lipinski definition) is 4. The molecule has 15 heteroatoms. The fourth-order valence-corrected chi connectivity index (χ4v) is 9.45. The van der Waals surface area contributed by atoms with Crippen molar-refractivity contribution in [2.24, 2.45) is 22.9 Å². The molecule has 15 nitrogen and oxygen atoms in total. The van der Waals surface area contributed by atoms with Crippen LogP contribution in [0.2, 0.25) is 0 Å². The van der Waals surface area contributed by atoms with Gasteiger partial charge in [0.25, 0.3) is 0 Å². The van der Waals surface area contributed by atoms with Crippen LogP contribution in [-0.4, -0.2) is 116 Å². The van der Waals surface area contributed by atoms with E-state index in [4.69, 9.17) is 38.4 Å². The number of rotatable bonds is 23. The number of aliphatic hydroxyl groups excluding tert-OH is 3. The van der Waals surface area contributed by atoms with Crippen LogP contribution in [0.15, 0.2) is 78.0 Å². The van der Waals surface area contributed by atoms with E-state index in [0.29, 0.717) is 43.1 Å². The topological polar surface area (TPSA) is 187 Å². The van der Waals surface area contributed by atoms with Gasteiger partial charge in [0.05, 0.1) is 51.3 Å². The summed E-state index contributed by atoms with van der Waals surface area (Å²) in [7, 11) is 0. The number of carbonyl (C=O) groups is 2. The number of unbranched alkanes of at least 4 members (excludes halogenated alkanes) is 2. The SMILES string of the molecule is C=CCO[C@@]12Oc3ccc(OC(=O)NCc4ccccc4)cc3[C@H]3[C@H](CCCCO)[C@@H](CCCCO)C=C(C(=NOC4CCCCO4)C[C@@H]1N(CCOCCO)C(=O)OCC)[C@H]32. The van der Waals surface area contributed by atoms with Gasteiger partial charge in [-0.15, -0.1) is 6.58 Å². The predicted molar refractivity (Wildman–Crippen MR) is 231 cm³/mol. The first kappa shape index (κ1) is 47.0. The van der Waals surface area contributed by atoms with Crippen molar-refractivity contribution < 1.29 is 58.2 Å². The van der Waals surface area contributed by atoms with Crippen LogP contribution >= 0.6 is 0 Å². The van der Waals surface area contributed by atoms with Gasteiger partial charge in [-0.3, -0.25) is 4.90 Å². The van der Waals surface area contributed by atoms with Crippen LogP contribution in [0.25, 0.3) is 0 Å². The Balaban J connectivity index is 1.52. The monoisotopic (exact) mass is 863 g/mol. The van der Waals surface area contributed by atoms with E-state index in [9.17, 15) is 24.9 Å². The van der Waals surface area contributed by atoms with Gasteiger partial charge < -0.3 is 53.9 Å². The van der Waals surface area contributed by atoms with Crippen molar-refractivity contribution in [2.45, 2.75) is 102 Å². The number of benzene rings is 2. The first-order chi connectivity index (χ1) is 30.4. The maximum Gasteiger partial charge on any atom is 0.412 e. The maximum atomic E-state index is 14.2. The lowest BCUT2D eigenvalue weighted by Crippen LogP contribution is -2.70. The average Bonchev–Trinajstić information content (AvgIpc) is 3.29. The van der Waals surface area contributed by atoms with E-state index >= 15 is 0 Å². The third kappa shape index (κ3) is 11.5. The average molecular weight is 864 g/mol. The maximum absolute atomic E-state index is 14.2. The minimum atomic E-state index is -1.53. The molecule has 0 aromatic heterocycles. The molecule has 4 aliphatic rings. The normalized spacial score (nSPS) is 25.7. The molecule has 2 aromatic carbocycles. The van der Waals surface area contributed by atoms with Crippen molar-refractivity contribution in [1.82, 2.24) is 10.2 Å². The molecule has 0 spiro atoms. The standard InChI is InChI=1S/C47H65N3O12/c1-3-25-59-47-41(50(46(55)57-4-2)21-27-56-28-24-53)31-39(49-62-42-18-10-13-26-58-42)37-29-34(16-8-11-22-51)36(17-9-12-23-52)43(44(37)47)38-30-35(19-20-40(38)61-47)60-45(54)48-32-33-14-6-5-7-15-33/h3,5-7,14-15,19-20,29-30,34,36,41-44,51-53H,1,4,8-13,16-18,21-28,31-32H2,2H3,(H,48,54)/t34-,36+,41-,42?,43+,44+,47+/m0/s1. The lowest BCUT2D eigenvalue weighted by molar-refractivity contribution is -0.256. The second kappa shape index (κ2) is 23.8. The Morgan fingerprint density at radius 2 is 1.82 bits per heavy atom. The third-order valence-electron chi connectivity index (χ3n) is 12.1. The van der Waals surface area contributed by atoms with Gasteiger partial charge in [0, 0.05) is 50.6 Å². The number of allylic oxidation sites excluding steroid dienone is 1. The summed E-state index contributed by atoms with van der Waals surface area (Å²) in [5, 5.41) is 37.1. The molecule has 2 aliphatic heterocycles. The highest BCUT2D eigenvalue weighted by Gasteiger charge is 2.65. The van der Waals surface area contributed by atoms with E-state index in [1.165, 1.54) is 0 Å². The lowest BCUT2D eigenvalue weighted by atomic mass is 9.55. The van der Waals surface area contributed by atoms with Gasteiger partial charge in [-0.1, -0.05) is 60.5 Å². The lowest BCUT2D eigenvalue weighted by Gasteiger charge is -2.59. The van der Waals surface area contributed by atoms with Crippen molar-refractivity contribution in [3.8, 4) is 11.5 Å². The second-order valence-electron chi connectivity index (χ2n) is 16.1. The molecule has 4 N–H and O–H groups in total. The highest BCUT2D eigenvalue weighted by molar-refractivity contribution is 6.03. The van der Waals surface area contributed by atoms with E-state index in [1.807, 2.05) is 36.4 Å². The van der Waals surface area contributed by atoms with Crippen LogP contribution in [0.1, 0.15) is 88.2 Å². The molecule has 340 valence electrons. The summed E-state index contributed by atoms with van der Waals surface area (Å²) in [6.07, 6.45) is 9.16. The minimum absolute atomic E-state index is 0.000912. The summed E-state index contributed by atoms with van der Waals surface area (Å²) in [4.78, 5) is 35.2. The van der Waals surface area contributed by atoms with Crippen molar-refractivity contribution >= 4 is 17.9 Å². The van der Waals surface area contributed by atoms with Crippen LogP contribution in [0, 0.1) is 17.8 Å². The summed E-state index contributed by atoms with van der Waals surface area (Å²) in [6, 6.07) is 14.1. The summed E-state index contributed by atoms with van der Waals surface area (Å²) in [6.45, 7) is 7.00. The molecule has 1 unspecified atom stereocenters. The van der Waals surface area contributed by atoms with Gasteiger partial charge in [0.15, 0.2) is 0 Å². The number of nitrogens with zero attached hydrogens (tertiary/aromatic N) is 2. The molecule has 1 saturated carbocycles. The number of aliphatic hydroxyl groups is 3. The van der Waals surface area contributed by atoms with Crippen LogP contribution in [-0.2, 0) is 30.3 Å². The van der Waals surface area contributed by atoms with Crippen molar-refractivity contribution in [3.05, 3.63) is 84.0 Å². The Morgan fingerprint density at radius 3 is 2.55 bits per heavy atom. The van der Waals surface area contributed by atoms with E-state index in [1.54, 1.807) is 30.0 Å². The number of fused-ring (bicyclic) bond motifs is 2. The molecule has 0 radical (unpaired) electrons. The largest absolute Gasteiger partial charge is 0.459 e. The van der Waals surface area contributed by atoms with Gasteiger partial charge in [-0.2, -0.15) is 0 Å². The quantitative estimate of drug-likeness (QED) is 0.0534. The van der Waals surface area contributed by atoms with Crippen LogP contribution < -0.4 is 14.8 Å². The molecule has 0 bridgehead atoms. The van der Waals surface area contributed by atoms with Crippen molar-refractivity contribution in [2.75, 3.05) is 59.4 Å². The first-order valence-corrected chi connectivity index (χ1v) is 22.3. The van der Waals surface area contributed by atoms with E-state index in [0.717, 1.165) is 55.2 Å². The number of carbonyl (C=O) groups excluding carboxylic acids is 2. The minimum Gasteiger partial charge on any atom is -0.459 e. The highest BCUT2D eigenvalue weighted by Crippen LogP contribution is 2.62. The Labute approximate surface area is 365 Å². The number of nitrogens with one attached hydrogen (secondary N) is 1. The zero-order valence-corrected chi connectivity index (χ0v) is 36.0. The van der Waals surface area contributed by atoms with Crippen LogP contribution in [0.4, 0.5) is 9.59 Å². The zero-order valence-electron chi connectivity index (χ0n) is 36.0. The summed E-state index contributed by atoms with van der Waals surface area (Å²) in [5.41, 5.74) is 3.21. The van der Waals surface area contributed by atoms with Gasteiger partial charge in [0.1, 0.15) is 17.5 Å². The Bertz CT molecular complexity index is 1800. The Hall–Kier alpha value is -4.51. The fourth-order valence-electron chi connectivity index (χ4n) is 9.45. The molecule has 2 amide bonds. The Kier molecular flexibility index (Phi) is 18.0. The molecule has 1 saturated heterocycles. The molecule has 2 fully saturated rings. The zero-order chi connectivity index (χ0) is 43.7. The number of amides is 2. The van der Waals surface area contributed by atoms with E-state index in [-0.39, 0.29) is 83.5 Å². The molecule has 6 rings (SSSR count). The first-order valence-electron chi connectivity index (χ1n) is 22.3. The summed E-state index contributed by atoms with van der Waals surface area (Å²) < 4.78 is 37.5. The number of ether oxygens (including phenoxy) is 6. The molecule has 62 heavy (non-hydrogen) atoms. The molecule has 2 aromatic rings. The van der Waals surface area contributed by atoms with Crippen LogP contribution in [0.5, 0.6) is 11.5 Å². The molecular formula is C47H65N3O12. The molecular weight excluding hydrogens is 799 g/mol. The molecule has 7 atom stereocenters. The van der Waals surface area contributed by atoms with Crippen molar-refractivity contribution in [3.63, 3.8) is 0 Å². The highest BCUT2D eigenvalue weighted by atomic mass is 16.8. The summed E-state index contributed by atoms with van der Waals surface area (Å²) >= 11 is 0. The molecule has 2 aliphatic carbocycles. The van der Waals surface area contributed by atoms with E-state index in [2.05, 4.69) is 18.0 Å². The van der Waals surface area contributed by atoms with Gasteiger partial charge in [0.2, 0.25) is 12.1 Å². The number of oxime groups is 1. The summed E-state index contributed by atoms with van der Waals surface area (Å²) in [5.74, 6) is -1.67. The number of hydrogen-bond acceptors (Lipinski definition) is 13. The predicted octanol–water partition coefficient (Wildman–Crippen LogP) is 6.60. The van der Waals surface area contributed by atoms with Gasteiger partial charge in [-0.05, 0) is 86.6 Å². The van der Waals surface area contributed by atoms with Crippen LogP contribution in [0.3, 0.4) is 0 Å². The van der Waals surface area contributed by atoms with Gasteiger partial charge >= 0.3 is 12.2 Å². The smallest absolute Gasteiger partial charge is 0.412 e. The van der Waals surface area contributed by atoms with Gasteiger partial charge in [-0.25, -0.2) is 9.59 Å². The third-order valence-corrected chi connectivity index (χ3v) is 12.1. The Morgan fingerprint density at radius 1 is 1.02 bits per heavy atom. The van der Waals surface area contributed by atoms with Crippen molar-refractivity contribution in [1.29, 1.82) is 0 Å². The second-order valence-corrected chi connectivity index (χ2v) is 16.1. The fraction of sp³-hybridized carbons (Fsp3) is 0.596. The molecule has 2 heterocycles. The van der Waals surface area contributed by atoms with E-state index < -0.39 is 36.2 Å².